The van der Waals surface area contributed by atoms with Crippen LogP contribution in [0.4, 0.5) is 5.69 Å². The second-order valence-corrected chi connectivity index (χ2v) is 5.13. The van der Waals surface area contributed by atoms with Crippen molar-refractivity contribution < 1.29 is 0 Å². The van der Waals surface area contributed by atoms with E-state index in [1.54, 1.807) is 0 Å². The minimum Gasteiger partial charge on any atom is -0.361 e. The van der Waals surface area contributed by atoms with Crippen molar-refractivity contribution in [3.63, 3.8) is 0 Å². The Labute approximate surface area is 106 Å². The number of benzene rings is 2. The minimum atomic E-state index is 0.382. The smallest absolute Gasteiger partial charge is 0.0542 e. The number of rotatable bonds is 1. The monoisotopic (exact) mass is 239 g/mol. The average molecular weight is 239 g/mol. The number of hydrogen-bond donors (Lipinski definition) is 1. The highest BCUT2D eigenvalue weighted by Gasteiger charge is 2.14. The van der Waals surface area contributed by atoms with Crippen LogP contribution in [0.2, 0.25) is 0 Å². The Kier molecular flexibility index (Phi) is 2.88. The summed E-state index contributed by atoms with van der Waals surface area (Å²) in [7, 11) is 0. The molecular formula is C15H13NS. The van der Waals surface area contributed by atoms with Crippen LogP contribution in [0.25, 0.3) is 0 Å². The minimum absolute atomic E-state index is 0.382. The number of para-hydroxylation sites is 1. The fraction of sp³-hybridized carbons (Fsp3) is 0.0667. The van der Waals surface area contributed by atoms with E-state index in [9.17, 15) is 0 Å². The zero-order chi connectivity index (χ0) is 11.5. The Balaban J connectivity index is 1.95. The Morgan fingerprint density at radius 3 is 2.53 bits per heavy atom. The van der Waals surface area contributed by atoms with Gasteiger partial charge < -0.3 is 5.32 Å². The van der Waals surface area contributed by atoms with Crippen LogP contribution in [0.5, 0.6) is 0 Å². The van der Waals surface area contributed by atoms with Gasteiger partial charge >= 0.3 is 0 Å². The lowest BCUT2D eigenvalue weighted by molar-refractivity contribution is 1.23. The number of anilines is 1. The van der Waals surface area contributed by atoms with Gasteiger partial charge in [-0.1, -0.05) is 48.5 Å². The van der Waals surface area contributed by atoms with Crippen molar-refractivity contribution in [3.05, 3.63) is 72.4 Å². The molecule has 1 atom stereocenters. The van der Waals surface area contributed by atoms with Gasteiger partial charge in [-0.05, 0) is 23.9 Å². The fourth-order valence-electron chi connectivity index (χ4n) is 1.91. The zero-order valence-corrected chi connectivity index (χ0v) is 10.2. The first-order chi connectivity index (χ1) is 8.43. The Morgan fingerprint density at radius 2 is 1.65 bits per heavy atom. The van der Waals surface area contributed by atoms with Crippen LogP contribution in [0.15, 0.2) is 71.8 Å². The van der Waals surface area contributed by atoms with Gasteiger partial charge in [0.1, 0.15) is 0 Å². The average Bonchev–Trinajstić information content (AvgIpc) is 2.62. The van der Waals surface area contributed by atoms with Gasteiger partial charge in [0.25, 0.3) is 0 Å². The molecule has 84 valence electrons. The van der Waals surface area contributed by atoms with Crippen molar-refractivity contribution in [2.45, 2.75) is 10.1 Å². The molecular weight excluding hydrogens is 226 g/mol. The van der Waals surface area contributed by atoms with Crippen LogP contribution in [0.3, 0.4) is 0 Å². The van der Waals surface area contributed by atoms with Crippen molar-refractivity contribution in [2.24, 2.45) is 0 Å². The quantitative estimate of drug-likeness (QED) is 0.788. The molecule has 1 nitrogen and oxygen atoms in total. The summed E-state index contributed by atoms with van der Waals surface area (Å²) in [6, 6.07) is 19.0. The SMILES string of the molecule is C1=CC(c2ccccc2)Sc2ccccc2N1. The maximum Gasteiger partial charge on any atom is 0.0542 e. The van der Waals surface area contributed by atoms with E-state index in [-0.39, 0.29) is 0 Å². The number of fused-ring (bicyclic) bond motifs is 1. The maximum absolute atomic E-state index is 3.32. The standard InChI is InChI=1S/C15H13NS/c1-2-6-12(7-3-1)14-10-11-16-13-8-4-5-9-15(13)17-14/h1-11,14,16H. The van der Waals surface area contributed by atoms with Gasteiger partial charge in [-0.25, -0.2) is 0 Å². The van der Waals surface area contributed by atoms with E-state index >= 15 is 0 Å². The Hall–Kier alpha value is -1.67. The summed E-state index contributed by atoms with van der Waals surface area (Å²) in [4.78, 5) is 1.30. The first-order valence-corrected chi connectivity index (χ1v) is 6.55. The van der Waals surface area contributed by atoms with E-state index in [1.165, 1.54) is 16.1 Å². The largest absolute Gasteiger partial charge is 0.361 e. The Bertz CT molecular complexity index is 534. The summed E-state index contributed by atoms with van der Waals surface area (Å²) in [6.07, 6.45) is 4.25. The third kappa shape index (κ3) is 2.22. The van der Waals surface area contributed by atoms with Crippen LogP contribution in [0.1, 0.15) is 10.8 Å². The molecule has 0 radical (unpaired) electrons. The summed E-state index contributed by atoms with van der Waals surface area (Å²) in [5, 5.41) is 3.71. The molecule has 3 rings (SSSR count). The molecule has 0 aliphatic carbocycles. The second kappa shape index (κ2) is 4.68. The third-order valence-electron chi connectivity index (χ3n) is 2.78. The van der Waals surface area contributed by atoms with Gasteiger partial charge in [-0.15, -0.1) is 11.8 Å². The van der Waals surface area contributed by atoms with Gasteiger partial charge in [0.05, 0.1) is 10.9 Å². The molecule has 0 spiro atoms. The molecule has 0 saturated heterocycles. The van der Waals surface area contributed by atoms with Crippen LogP contribution in [-0.4, -0.2) is 0 Å². The van der Waals surface area contributed by atoms with Gasteiger partial charge in [0.2, 0.25) is 0 Å². The zero-order valence-electron chi connectivity index (χ0n) is 9.34. The van der Waals surface area contributed by atoms with E-state index < -0.39 is 0 Å². The molecule has 1 aliphatic rings. The van der Waals surface area contributed by atoms with Gasteiger partial charge in [0.15, 0.2) is 0 Å². The number of nitrogens with one attached hydrogen (secondary N) is 1. The van der Waals surface area contributed by atoms with Crippen molar-refractivity contribution >= 4 is 17.4 Å². The molecule has 0 saturated carbocycles. The molecule has 1 N–H and O–H groups in total. The lowest BCUT2D eigenvalue weighted by Gasteiger charge is -2.12. The highest BCUT2D eigenvalue weighted by Crippen LogP contribution is 2.41. The lowest BCUT2D eigenvalue weighted by atomic mass is 10.1. The summed E-state index contributed by atoms with van der Waals surface area (Å²) < 4.78 is 0. The van der Waals surface area contributed by atoms with Crippen molar-refractivity contribution in [1.29, 1.82) is 0 Å². The fourth-order valence-corrected chi connectivity index (χ4v) is 3.05. The van der Waals surface area contributed by atoms with Crippen LogP contribution in [-0.2, 0) is 0 Å². The van der Waals surface area contributed by atoms with Crippen LogP contribution in [0, 0.1) is 0 Å². The molecule has 2 aromatic rings. The van der Waals surface area contributed by atoms with E-state index in [1.807, 2.05) is 18.0 Å². The first-order valence-electron chi connectivity index (χ1n) is 5.67. The molecule has 1 unspecified atom stereocenters. The number of hydrogen-bond acceptors (Lipinski definition) is 2. The van der Waals surface area contributed by atoms with Crippen molar-refractivity contribution in [1.82, 2.24) is 0 Å². The topological polar surface area (TPSA) is 12.0 Å². The van der Waals surface area contributed by atoms with E-state index in [2.05, 4.69) is 66.0 Å². The van der Waals surface area contributed by atoms with Crippen molar-refractivity contribution in [3.8, 4) is 0 Å². The summed E-state index contributed by atoms with van der Waals surface area (Å²) in [6.45, 7) is 0. The molecule has 0 fully saturated rings. The molecule has 2 heteroatoms. The molecule has 0 aromatic heterocycles. The molecule has 17 heavy (non-hydrogen) atoms. The maximum atomic E-state index is 3.32. The predicted molar refractivity (Wildman–Crippen MR) is 74.2 cm³/mol. The van der Waals surface area contributed by atoms with E-state index in [0.29, 0.717) is 5.25 Å². The summed E-state index contributed by atoms with van der Waals surface area (Å²) >= 11 is 1.88. The molecule has 2 aromatic carbocycles. The van der Waals surface area contributed by atoms with E-state index in [4.69, 9.17) is 0 Å². The summed E-state index contributed by atoms with van der Waals surface area (Å²) in [5.74, 6) is 0. The molecule has 0 bridgehead atoms. The third-order valence-corrected chi connectivity index (χ3v) is 4.07. The second-order valence-electron chi connectivity index (χ2n) is 3.95. The highest BCUT2D eigenvalue weighted by molar-refractivity contribution is 7.99. The van der Waals surface area contributed by atoms with Crippen molar-refractivity contribution in [2.75, 3.05) is 5.32 Å². The van der Waals surface area contributed by atoms with Gasteiger partial charge in [-0.2, -0.15) is 0 Å². The van der Waals surface area contributed by atoms with Crippen LogP contribution < -0.4 is 5.32 Å². The van der Waals surface area contributed by atoms with Gasteiger partial charge in [-0.3, -0.25) is 0 Å². The normalized spacial score (nSPS) is 18.0. The molecule has 1 aliphatic heterocycles. The highest BCUT2D eigenvalue weighted by atomic mass is 32.2. The first kappa shape index (κ1) is 10.5. The van der Waals surface area contributed by atoms with E-state index in [0.717, 1.165) is 0 Å². The summed E-state index contributed by atoms with van der Waals surface area (Å²) in [5.41, 5.74) is 2.53. The molecule has 1 heterocycles. The predicted octanol–water partition coefficient (Wildman–Crippen LogP) is 4.46. The lowest BCUT2D eigenvalue weighted by Crippen LogP contribution is -1.88. The molecule has 0 amide bonds. The number of thioether (sulfide) groups is 1. The van der Waals surface area contributed by atoms with Gasteiger partial charge in [0, 0.05) is 4.90 Å². The van der Waals surface area contributed by atoms with Crippen LogP contribution >= 0.6 is 11.8 Å². The Morgan fingerprint density at radius 1 is 0.882 bits per heavy atom.